The summed E-state index contributed by atoms with van der Waals surface area (Å²) in [6.45, 7) is 1.12. The van der Waals surface area contributed by atoms with Crippen LogP contribution in [0.5, 0.6) is 5.75 Å². The zero-order valence-electron chi connectivity index (χ0n) is 9.73. The van der Waals surface area contributed by atoms with Crippen molar-refractivity contribution in [2.75, 3.05) is 20.3 Å². The fourth-order valence-corrected chi connectivity index (χ4v) is 1.37. The number of methoxy groups -OCH3 is 1. The Morgan fingerprint density at radius 2 is 2.00 bits per heavy atom. The van der Waals surface area contributed by atoms with Crippen LogP contribution in [0.2, 0.25) is 0 Å². The molecule has 0 bridgehead atoms. The molecule has 0 aliphatic rings. The van der Waals surface area contributed by atoms with E-state index in [0.717, 1.165) is 5.56 Å². The second-order valence-electron chi connectivity index (χ2n) is 3.49. The number of ketones is 1. The van der Waals surface area contributed by atoms with Crippen LogP contribution in [-0.4, -0.2) is 37.2 Å². The number of benzene rings is 1. The highest BCUT2D eigenvalue weighted by Gasteiger charge is 2.09. The molecule has 0 unspecified atom stereocenters. The van der Waals surface area contributed by atoms with Gasteiger partial charge in [0.15, 0.2) is 5.78 Å². The molecule has 0 saturated carbocycles. The molecule has 0 atom stereocenters. The van der Waals surface area contributed by atoms with Gasteiger partial charge in [-0.2, -0.15) is 0 Å². The Balaban J connectivity index is 2.63. The number of aliphatic carboxylic acids is 1. The van der Waals surface area contributed by atoms with Crippen LogP contribution in [0.25, 0.3) is 0 Å². The van der Waals surface area contributed by atoms with Crippen LogP contribution in [0.15, 0.2) is 18.2 Å². The lowest BCUT2D eigenvalue weighted by atomic mass is 10.1. The summed E-state index contributed by atoms with van der Waals surface area (Å²) >= 11 is 0. The lowest BCUT2D eigenvalue weighted by Crippen LogP contribution is -2.14. The number of hydrogen-bond acceptors (Lipinski definition) is 4. The normalized spacial score (nSPS) is 10.0. The summed E-state index contributed by atoms with van der Waals surface area (Å²) in [5.41, 5.74) is 1.32. The molecule has 1 rings (SSSR count). The standard InChI is InChI=1S/C12H14O5/c1-8-5-9(3-4-11(8)16-2)10(13)6-17-7-12(14)15/h3-5H,6-7H2,1-2H3,(H,14,15). The molecule has 0 saturated heterocycles. The highest BCUT2D eigenvalue weighted by atomic mass is 16.5. The van der Waals surface area contributed by atoms with Gasteiger partial charge >= 0.3 is 5.97 Å². The van der Waals surface area contributed by atoms with Crippen molar-refractivity contribution in [3.63, 3.8) is 0 Å². The molecule has 1 aromatic rings. The summed E-state index contributed by atoms with van der Waals surface area (Å²) < 4.78 is 9.80. The second-order valence-corrected chi connectivity index (χ2v) is 3.49. The first-order valence-electron chi connectivity index (χ1n) is 5.02. The molecule has 0 aliphatic carbocycles. The van der Waals surface area contributed by atoms with Crippen LogP contribution in [0.3, 0.4) is 0 Å². The lowest BCUT2D eigenvalue weighted by molar-refractivity contribution is -0.141. The summed E-state index contributed by atoms with van der Waals surface area (Å²) in [5.74, 6) is -0.645. The maximum absolute atomic E-state index is 11.6. The third-order valence-electron chi connectivity index (χ3n) is 2.18. The molecule has 1 aromatic carbocycles. The molecular formula is C12H14O5. The maximum atomic E-state index is 11.6. The Morgan fingerprint density at radius 3 is 2.53 bits per heavy atom. The van der Waals surface area contributed by atoms with Crippen molar-refractivity contribution in [3.05, 3.63) is 29.3 Å². The summed E-state index contributed by atoms with van der Waals surface area (Å²) in [5, 5.41) is 8.36. The van der Waals surface area contributed by atoms with Crippen molar-refractivity contribution in [2.45, 2.75) is 6.92 Å². The monoisotopic (exact) mass is 238 g/mol. The zero-order chi connectivity index (χ0) is 12.8. The second kappa shape index (κ2) is 6.00. The van der Waals surface area contributed by atoms with Gasteiger partial charge in [0.25, 0.3) is 0 Å². The average molecular weight is 238 g/mol. The van der Waals surface area contributed by atoms with Gasteiger partial charge in [0.05, 0.1) is 7.11 Å². The number of carboxylic acids is 1. The number of rotatable bonds is 6. The molecule has 0 radical (unpaired) electrons. The SMILES string of the molecule is COc1ccc(C(=O)COCC(=O)O)cc1C. The van der Waals surface area contributed by atoms with Crippen LogP contribution >= 0.6 is 0 Å². The Kier molecular flexibility index (Phi) is 4.66. The number of Topliss-reactive ketones (excluding diaryl/α,β-unsaturated/α-hetero) is 1. The van der Waals surface area contributed by atoms with E-state index >= 15 is 0 Å². The van der Waals surface area contributed by atoms with Crippen molar-refractivity contribution < 1.29 is 24.2 Å². The van der Waals surface area contributed by atoms with Crippen LogP contribution in [-0.2, 0) is 9.53 Å². The van der Waals surface area contributed by atoms with Gasteiger partial charge in [0.1, 0.15) is 19.0 Å². The van der Waals surface area contributed by atoms with Crippen LogP contribution in [0.1, 0.15) is 15.9 Å². The molecule has 0 spiro atoms. The van der Waals surface area contributed by atoms with Crippen molar-refractivity contribution in [1.82, 2.24) is 0 Å². The van der Waals surface area contributed by atoms with Gasteiger partial charge < -0.3 is 14.6 Å². The topological polar surface area (TPSA) is 72.8 Å². The summed E-state index contributed by atoms with van der Waals surface area (Å²) in [6.07, 6.45) is 0. The predicted molar refractivity (Wildman–Crippen MR) is 60.5 cm³/mol. The minimum atomic E-state index is -1.09. The van der Waals surface area contributed by atoms with Crippen molar-refractivity contribution in [2.24, 2.45) is 0 Å². The quantitative estimate of drug-likeness (QED) is 0.756. The van der Waals surface area contributed by atoms with Gasteiger partial charge in [-0.05, 0) is 30.7 Å². The number of carbonyl (C=O) groups excluding carboxylic acids is 1. The summed E-state index contributed by atoms with van der Waals surface area (Å²) in [6, 6.07) is 5.00. The highest BCUT2D eigenvalue weighted by molar-refractivity contribution is 5.97. The maximum Gasteiger partial charge on any atom is 0.329 e. The van der Waals surface area contributed by atoms with Gasteiger partial charge in [-0.25, -0.2) is 4.79 Å². The molecule has 0 aliphatic heterocycles. The van der Waals surface area contributed by atoms with Gasteiger partial charge in [0.2, 0.25) is 0 Å². The van der Waals surface area contributed by atoms with Gasteiger partial charge in [-0.15, -0.1) is 0 Å². The van der Waals surface area contributed by atoms with Gasteiger partial charge in [0, 0.05) is 5.56 Å². The molecule has 0 aromatic heterocycles. The molecule has 92 valence electrons. The number of hydrogen-bond donors (Lipinski definition) is 1. The Bertz CT molecular complexity index is 425. The first-order chi connectivity index (χ1) is 8.04. The van der Waals surface area contributed by atoms with E-state index in [9.17, 15) is 9.59 Å². The first-order valence-corrected chi connectivity index (χ1v) is 5.02. The molecule has 0 fully saturated rings. The number of carboxylic acid groups (broad SMARTS) is 1. The van der Waals surface area contributed by atoms with Crippen LogP contribution < -0.4 is 4.74 Å². The fraction of sp³-hybridized carbons (Fsp3) is 0.333. The number of carbonyl (C=O) groups is 2. The smallest absolute Gasteiger partial charge is 0.329 e. The third-order valence-corrected chi connectivity index (χ3v) is 2.18. The molecular weight excluding hydrogens is 224 g/mol. The largest absolute Gasteiger partial charge is 0.496 e. The summed E-state index contributed by atoms with van der Waals surface area (Å²) in [7, 11) is 1.56. The molecule has 0 heterocycles. The number of ether oxygens (including phenoxy) is 2. The van der Waals surface area contributed by atoms with E-state index in [1.165, 1.54) is 0 Å². The molecule has 1 N–H and O–H groups in total. The lowest BCUT2D eigenvalue weighted by Gasteiger charge is -2.06. The van der Waals surface area contributed by atoms with Gasteiger partial charge in [-0.1, -0.05) is 0 Å². The van der Waals surface area contributed by atoms with E-state index in [2.05, 4.69) is 0 Å². The van der Waals surface area contributed by atoms with E-state index in [1.54, 1.807) is 25.3 Å². The van der Waals surface area contributed by atoms with Crippen molar-refractivity contribution in [3.8, 4) is 5.75 Å². The zero-order valence-corrected chi connectivity index (χ0v) is 9.73. The predicted octanol–water partition coefficient (Wildman–Crippen LogP) is 1.29. The fourth-order valence-electron chi connectivity index (χ4n) is 1.37. The molecule has 5 nitrogen and oxygen atoms in total. The van der Waals surface area contributed by atoms with Gasteiger partial charge in [-0.3, -0.25) is 4.79 Å². The van der Waals surface area contributed by atoms with E-state index in [4.69, 9.17) is 14.6 Å². The summed E-state index contributed by atoms with van der Waals surface area (Å²) in [4.78, 5) is 21.8. The van der Waals surface area contributed by atoms with Crippen LogP contribution in [0, 0.1) is 6.92 Å². The van der Waals surface area contributed by atoms with E-state index in [0.29, 0.717) is 11.3 Å². The highest BCUT2D eigenvalue weighted by Crippen LogP contribution is 2.18. The van der Waals surface area contributed by atoms with Crippen LogP contribution in [0.4, 0.5) is 0 Å². The minimum Gasteiger partial charge on any atom is -0.496 e. The Hall–Kier alpha value is -1.88. The molecule has 0 amide bonds. The van der Waals surface area contributed by atoms with E-state index < -0.39 is 12.6 Å². The minimum absolute atomic E-state index is 0.238. The third kappa shape index (κ3) is 3.88. The van der Waals surface area contributed by atoms with E-state index in [-0.39, 0.29) is 12.4 Å². The molecule has 17 heavy (non-hydrogen) atoms. The van der Waals surface area contributed by atoms with Crippen molar-refractivity contribution in [1.29, 1.82) is 0 Å². The molecule has 5 heteroatoms. The van der Waals surface area contributed by atoms with Crippen molar-refractivity contribution >= 4 is 11.8 Å². The van der Waals surface area contributed by atoms with E-state index in [1.807, 2.05) is 6.92 Å². The Labute approximate surface area is 99.0 Å². The Morgan fingerprint density at radius 1 is 1.29 bits per heavy atom. The number of aryl methyl sites for hydroxylation is 1. The average Bonchev–Trinajstić information content (AvgIpc) is 2.28. The first kappa shape index (κ1) is 13.2.